The average molecular weight is 203 g/mol. The summed E-state index contributed by atoms with van der Waals surface area (Å²) in [5.74, 6) is 0. The number of hydrogen-bond acceptors (Lipinski definition) is 1. The summed E-state index contributed by atoms with van der Waals surface area (Å²) < 4.78 is 0. The van der Waals surface area contributed by atoms with E-state index < -0.39 is 0 Å². The van der Waals surface area contributed by atoms with Crippen LogP contribution < -0.4 is 0 Å². The van der Waals surface area contributed by atoms with Gasteiger partial charge in [0, 0.05) is 6.21 Å². The van der Waals surface area contributed by atoms with Gasteiger partial charge in [-0.05, 0) is 50.8 Å². The van der Waals surface area contributed by atoms with Crippen LogP contribution in [0.1, 0.15) is 33.6 Å². The van der Waals surface area contributed by atoms with Gasteiger partial charge in [0.1, 0.15) is 0 Å². The molecule has 15 heavy (non-hydrogen) atoms. The molecule has 0 aromatic rings. The predicted octanol–water partition coefficient (Wildman–Crippen LogP) is 4.44. The van der Waals surface area contributed by atoms with Gasteiger partial charge in [-0.15, -0.1) is 6.58 Å². The summed E-state index contributed by atoms with van der Waals surface area (Å²) in [6.45, 7) is 9.98. The largest absolute Gasteiger partial charge is 0.309 e. The maximum absolute atomic E-state index is 6.99. The SMILES string of the molecule is C=C(C)CCC(/C=C\C)=C/C(C)=C/C=N. The van der Waals surface area contributed by atoms with Gasteiger partial charge in [0.05, 0.1) is 0 Å². The van der Waals surface area contributed by atoms with Crippen molar-refractivity contribution >= 4 is 6.21 Å². The molecule has 1 heteroatoms. The van der Waals surface area contributed by atoms with Crippen LogP contribution in [0.15, 0.2) is 47.6 Å². The summed E-state index contributed by atoms with van der Waals surface area (Å²) in [5.41, 5.74) is 3.61. The molecule has 0 unspecified atom stereocenters. The van der Waals surface area contributed by atoms with Crippen LogP contribution in [-0.2, 0) is 0 Å². The maximum Gasteiger partial charge on any atom is 0.0180 e. The number of hydrogen-bond donors (Lipinski definition) is 1. The highest BCUT2D eigenvalue weighted by molar-refractivity contribution is 5.69. The van der Waals surface area contributed by atoms with E-state index in [-0.39, 0.29) is 0 Å². The molecule has 0 bridgehead atoms. The fourth-order valence-electron chi connectivity index (χ4n) is 1.25. The van der Waals surface area contributed by atoms with Gasteiger partial charge in [-0.2, -0.15) is 0 Å². The van der Waals surface area contributed by atoms with Gasteiger partial charge in [0.2, 0.25) is 0 Å². The maximum atomic E-state index is 6.99. The molecule has 0 fully saturated rings. The Morgan fingerprint density at radius 3 is 2.40 bits per heavy atom. The molecule has 0 amide bonds. The Kier molecular flexibility index (Phi) is 7.25. The summed E-state index contributed by atoms with van der Waals surface area (Å²) in [6, 6.07) is 0. The lowest BCUT2D eigenvalue weighted by Crippen LogP contribution is -1.83. The van der Waals surface area contributed by atoms with Crippen molar-refractivity contribution in [3.8, 4) is 0 Å². The van der Waals surface area contributed by atoms with Crippen LogP contribution in [0.3, 0.4) is 0 Å². The van der Waals surface area contributed by atoms with Gasteiger partial charge in [-0.1, -0.05) is 23.8 Å². The van der Waals surface area contributed by atoms with Crippen LogP contribution >= 0.6 is 0 Å². The molecule has 0 rings (SSSR count). The zero-order valence-electron chi connectivity index (χ0n) is 10.0. The molecule has 1 nitrogen and oxygen atoms in total. The van der Waals surface area contributed by atoms with E-state index in [1.165, 1.54) is 17.4 Å². The first-order valence-electron chi connectivity index (χ1n) is 5.25. The van der Waals surface area contributed by atoms with Crippen LogP contribution in [0.5, 0.6) is 0 Å². The minimum Gasteiger partial charge on any atom is -0.309 e. The molecule has 0 saturated heterocycles. The quantitative estimate of drug-likeness (QED) is 0.375. The van der Waals surface area contributed by atoms with Crippen molar-refractivity contribution in [1.82, 2.24) is 0 Å². The van der Waals surface area contributed by atoms with Gasteiger partial charge in [-0.25, -0.2) is 0 Å². The van der Waals surface area contributed by atoms with Gasteiger partial charge in [0.25, 0.3) is 0 Å². The molecule has 0 atom stereocenters. The third kappa shape index (κ3) is 7.68. The van der Waals surface area contributed by atoms with E-state index in [0.29, 0.717) is 0 Å². The molecule has 0 radical (unpaired) electrons. The second-order valence-corrected chi connectivity index (χ2v) is 3.75. The van der Waals surface area contributed by atoms with Crippen molar-refractivity contribution in [2.24, 2.45) is 0 Å². The topological polar surface area (TPSA) is 23.9 Å². The van der Waals surface area contributed by atoms with E-state index >= 15 is 0 Å². The van der Waals surface area contributed by atoms with E-state index in [0.717, 1.165) is 18.4 Å². The summed E-state index contributed by atoms with van der Waals surface area (Å²) >= 11 is 0. The number of rotatable bonds is 6. The monoisotopic (exact) mass is 203 g/mol. The van der Waals surface area contributed by atoms with Gasteiger partial charge >= 0.3 is 0 Å². The number of nitrogens with one attached hydrogen (secondary N) is 1. The molecule has 0 aliphatic carbocycles. The normalized spacial score (nSPS) is 13.3. The minimum atomic E-state index is 1.02. The molecule has 82 valence electrons. The lowest BCUT2D eigenvalue weighted by molar-refractivity contribution is 0.948. The Balaban J connectivity index is 4.57. The fraction of sp³-hybridized carbons (Fsp3) is 0.357. The number of allylic oxidation sites excluding steroid dienone is 7. The van der Waals surface area contributed by atoms with Crippen molar-refractivity contribution in [3.05, 3.63) is 47.6 Å². The summed E-state index contributed by atoms with van der Waals surface area (Å²) in [4.78, 5) is 0. The highest BCUT2D eigenvalue weighted by Gasteiger charge is 1.94. The first-order chi connectivity index (χ1) is 7.10. The third-order valence-electron chi connectivity index (χ3n) is 1.98. The predicted molar refractivity (Wildman–Crippen MR) is 69.5 cm³/mol. The van der Waals surface area contributed by atoms with Crippen molar-refractivity contribution in [3.63, 3.8) is 0 Å². The molecule has 0 aliphatic heterocycles. The van der Waals surface area contributed by atoms with Crippen LogP contribution in [0, 0.1) is 5.41 Å². The Hall–Kier alpha value is -1.37. The molecule has 0 aromatic carbocycles. The Labute approximate surface area is 93.4 Å². The Bertz CT molecular complexity index is 303. The minimum absolute atomic E-state index is 1.02. The zero-order valence-corrected chi connectivity index (χ0v) is 10.0. The van der Waals surface area contributed by atoms with E-state index in [2.05, 4.69) is 18.7 Å². The van der Waals surface area contributed by atoms with E-state index in [4.69, 9.17) is 5.41 Å². The first-order valence-corrected chi connectivity index (χ1v) is 5.25. The molecule has 0 heterocycles. The Morgan fingerprint density at radius 1 is 1.27 bits per heavy atom. The second-order valence-electron chi connectivity index (χ2n) is 3.75. The summed E-state index contributed by atoms with van der Waals surface area (Å²) in [6.07, 6.45) is 11.4. The van der Waals surface area contributed by atoms with Gasteiger partial charge < -0.3 is 5.41 Å². The highest BCUT2D eigenvalue weighted by atomic mass is 14.3. The van der Waals surface area contributed by atoms with Gasteiger partial charge in [0.15, 0.2) is 0 Å². The Morgan fingerprint density at radius 2 is 1.93 bits per heavy atom. The van der Waals surface area contributed by atoms with Crippen LogP contribution in [0.2, 0.25) is 0 Å². The smallest absolute Gasteiger partial charge is 0.0180 e. The average Bonchev–Trinajstić information content (AvgIpc) is 2.15. The molecular weight excluding hydrogens is 182 g/mol. The van der Waals surface area contributed by atoms with Gasteiger partial charge in [-0.3, -0.25) is 0 Å². The van der Waals surface area contributed by atoms with Crippen molar-refractivity contribution in [2.75, 3.05) is 0 Å². The molecule has 0 spiro atoms. The lowest BCUT2D eigenvalue weighted by atomic mass is 10.0. The summed E-state index contributed by atoms with van der Waals surface area (Å²) in [5, 5.41) is 6.99. The second kappa shape index (κ2) is 7.98. The molecular formula is C14H21N. The van der Waals surface area contributed by atoms with E-state index in [9.17, 15) is 0 Å². The van der Waals surface area contributed by atoms with E-state index in [1.54, 1.807) is 6.08 Å². The van der Waals surface area contributed by atoms with Crippen molar-refractivity contribution in [2.45, 2.75) is 33.6 Å². The molecule has 1 N–H and O–H groups in total. The zero-order chi connectivity index (χ0) is 11.7. The van der Waals surface area contributed by atoms with Crippen LogP contribution in [0.25, 0.3) is 0 Å². The molecule has 0 aromatic heterocycles. The van der Waals surface area contributed by atoms with Crippen LogP contribution in [-0.4, -0.2) is 6.21 Å². The fourth-order valence-corrected chi connectivity index (χ4v) is 1.25. The standard InChI is InChI=1S/C14H21N/c1-5-6-14(8-7-12(2)3)11-13(4)9-10-15/h5-6,9-11,15H,2,7-8H2,1,3-4H3/b6-5-,13-9+,14-11+,15-10?. The molecule has 0 aliphatic rings. The third-order valence-corrected chi connectivity index (χ3v) is 1.98. The highest BCUT2D eigenvalue weighted by Crippen LogP contribution is 2.13. The van der Waals surface area contributed by atoms with Crippen molar-refractivity contribution in [1.29, 1.82) is 5.41 Å². The summed E-state index contributed by atoms with van der Waals surface area (Å²) in [7, 11) is 0. The first kappa shape index (κ1) is 13.6. The van der Waals surface area contributed by atoms with Crippen molar-refractivity contribution < 1.29 is 0 Å². The van der Waals surface area contributed by atoms with E-state index in [1.807, 2.05) is 26.8 Å². The molecule has 0 saturated carbocycles. The van der Waals surface area contributed by atoms with Crippen LogP contribution in [0.4, 0.5) is 0 Å². The lowest BCUT2D eigenvalue weighted by Gasteiger charge is -2.02.